The summed E-state index contributed by atoms with van der Waals surface area (Å²) in [6.45, 7) is 8.35. The Labute approximate surface area is 148 Å². The highest BCUT2D eigenvalue weighted by Crippen LogP contribution is 2.30. The molecule has 0 N–H and O–H groups in total. The van der Waals surface area contributed by atoms with E-state index in [9.17, 15) is 4.79 Å². The summed E-state index contributed by atoms with van der Waals surface area (Å²) in [5.74, 6) is 0. The Hall–Kier alpha value is -2.73. The molecule has 1 aromatic carbocycles. The van der Waals surface area contributed by atoms with Gasteiger partial charge in [-0.15, -0.1) is 11.3 Å². The summed E-state index contributed by atoms with van der Waals surface area (Å²) in [5.41, 5.74) is 4.51. The third-order valence-electron chi connectivity index (χ3n) is 4.38. The fraction of sp³-hybridized carbons (Fsp3) is 0.211. The van der Waals surface area contributed by atoms with Crippen LogP contribution in [0.1, 0.15) is 23.1 Å². The zero-order valence-electron chi connectivity index (χ0n) is 14.4. The number of nitrogens with zero attached hydrogens (tertiary/aromatic N) is 4. The van der Waals surface area contributed by atoms with Crippen LogP contribution in [-0.2, 0) is 13.6 Å². The lowest BCUT2D eigenvalue weighted by atomic mass is 10.1. The molecule has 126 valence electrons. The van der Waals surface area contributed by atoms with Crippen molar-refractivity contribution in [3.63, 3.8) is 0 Å². The molecule has 3 heterocycles. The third kappa shape index (κ3) is 2.49. The summed E-state index contributed by atoms with van der Waals surface area (Å²) < 4.78 is 4.41. The van der Waals surface area contributed by atoms with Crippen molar-refractivity contribution in [3.8, 4) is 0 Å². The maximum absolute atomic E-state index is 13.0. The molecule has 0 saturated carbocycles. The van der Waals surface area contributed by atoms with E-state index in [2.05, 4.69) is 22.7 Å². The van der Waals surface area contributed by atoms with Gasteiger partial charge in [0, 0.05) is 12.4 Å². The van der Waals surface area contributed by atoms with Crippen LogP contribution >= 0.6 is 11.3 Å². The van der Waals surface area contributed by atoms with Gasteiger partial charge in [-0.3, -0.25) is 4.79 Å². The quantitative estimate of drug-likeness (QED) is 0.566. The Morgan fingerprint density at radius 1 is 1.36 bits per heavy atom. The van der Waals surface area contributed by atoms with E-state index in [-0.39, 0.29) is 5.56 Å². The van der Waals surface area contributed by atoms with Gasteiger partial charge in [-0.1, -0.05) is 30.4 Å². The number of aryl methyl sites for hydroxylation is 2. The maximum Gasteiger partial charge on any atom is 0.291 e. The summed E-state index contributed by atoms with van der Waals surface area (Å²) >= 11 is 1.60. The van der Waals surface area contributed by atoms with Gasteiger partial charge in [-0.2, -0.15) is 5.10 Å². The lowest BCUT2D eigenvalue weighted by molar-refractivity contribution is 0.644. The molecule has 4 aromatic rings. The number of thiazole rings is 1. The number of hydrogen-bond acceptors (Lipinski definition) is 4. The SMILES string of the molecule is C=C(C)c1cccc(Cn2ncc3c4sc(C)nc4n(C)c3c2=O)c1. The minimum absolute atomic E-state index is 0.0939. The van der Waals surface area contributed by atoms with Crippen molar-refractivity contribution in [2.45, 2.75) is 20.4 Å². The molecular weight excluding hydrogens is 332 g/mol. The zero-order chi connectivity index (χ0) is 17.7. The molecule has 4 rings (SSSR count). The fourth-order valence-electron chi connectivity index (χ4n) is 3.11. The Morgan fingerprint density at radius 2 is 2.16 bits per heavy atom. The lowest BCUT2D eigenvalue weighted by Crippen LogP contribution is -2.24. The molecule has 3 aromatic heterocycles. The summed E-state index contributed by atoms with van der Waals surface area (Å²) in [6.07, 6.45) is 1.78. The molecule has 0 bridgehead atoms. The van der Waals surface area contributed by atoms with Crippen molar-refractivity contribution in [2.24, 2.45) is 7.05 Å². The summed E-state index contributed by atoms with van der Waals surface area (Å²) in [4.78, 5) is 17.5. The van der Waals surface area contributed by atoms with E-state index in [1.165, 1.54) is 4.68 Å². The van der Waals surface area contributed by atoms with E-state index in [0.717, 1.165) is 37.4 Å². The first kappa shape index (κ1) is 15.8. The molecule has 0 saturated heterocycles. The molecule has 0 spiro atoms. The zero-order valence-corrected chi connectivity index (χ0v) is 15.2. The van der Waals surface area contributed by atoms with Crippen LogP contribution in [0, 0.1) is 6.92 Å². The Bertz CT molecular complexity index is 1200. The highest BCUT2D eigenvalue weighted by atomic mass is 32.1. The molecular formula is C19H18N4OS. The minimum Gasteiger partial charge on any atom is -0.323 e. The second-order valence-corrected chi connectivity index (χ2v) is 7.50. The van der Waals surface area contributed by atoms with E-state index >= 15 is 0 Å². The number of benzene rings is 1. The Balaban J connectivity index is 1.85. The number of allylic oxidation sites excluding steroid dienone is 1. The van der Waals surface area contributed by atoms with Gasteiger partial charge in [0.15, 0.2) is 5.65 Å². The fourth-order valence-corrected chi connectivity index (χ4v) is 4.07. The van der Waals surface area contributed by atoms with Crippen LogP contribution < -0.4 is 5.56 Å². The molecule has 5 nitrogen and oxygen atoms in total. The minimum atomic E-state index is -0.0939. The Morgan fingerprint density at radius 3 is 2.92 bits per heavy atom. The van der Waals surface area contributed by atoms with Gasteiger partial charge < -0.3 is 4.57 Å². The molecule has 25 heavy (non-hydrogen) atoms. The van der Waals surface area contributed by atoms with Crippen molar-refractivity contribution in [1.29, 1.82) is 0 Å². The second kappa shape index (κ2) is 5.67. The van der Waals surface area contributed by atoms with Gasteiger partial charge in [-0.25, -0.2) is 9.67 Å². The predicted octanol–water partition coefficient (Wildman–Crippen LogP) is 3.73. The molecule has 0 fully saturated rings. The number of aromatic nitrogens is 4. The monoisotopic (exact) mass is 350 g/mol. The highest BCUT2D eigenvalue weighted by molar-refractivity contribution is 7.19. The third-order valence-corrected chi connectivity index (χ3v) is 5.38. The van der Waals surface area contributed by atoms with Crippen molar-refractivity contribution in [2.75, 3.05) is 0 Å². The van der Waals surface area contributed by atoms with E-state index < -0.39 is 0 Å². The van der Waals surface area contributed by atoms with Crippen LogP contribution in [0.5, 0.6) is 0 Å². The average molecular weight is 350 g/mol. The standard InChI is InChI=1S/C19H18N4OS/c1-11(2)14-7-5-6-13(8-14)10-23-19(24)16-15(9-20-23)17-18(22(16)4)21-12(3)25-17/h5-9H,1,10H2,2-4H3. The molecule has 0 aliphatic heterocycles. The highest BCUT2D eigenvalue weighted by Gasteiger charge is 2.17. The molecule has 0 unspecified atom stereocenters. The molecule has 0 aliphatic carbocycles. The second-order valence-electron chi connectivity index (χ2n) is 6.29. The Kier molecular flexibility index (Phi) is 3.58. The summed E-state index contributed by atoms with van der Waals surface area (Å²) in [6, 6.07) is 8.05. The molecule has 0 atom stereocenters. The average Bonchev–Trinajstić information content (AvgIpc) is 3.08. The molecule has 0 aliphatic rings. The number of fused-ring (bicyclic) bond motifs is 3. The number of hydrogen-bond donors (Lipinski definition) is 0. The largest absolute Gasteiger partial charge is 0.323 e. The van der Waals surface area contributed by atoms with Gasteiger partial charge >= 0.3 is 0 Å². The van der Waals surface area contributed by atoms with Gasteiger partial charge in [0.1, 0.15) is 5.52 Å². The predicted molar refractivity (Wildman–Crippen MR) is 103 cm³/mol. The first-order valence-electron chi connectivity index (χ1n) is 8.02. The van der Waals surface area contributed by atoms with Gasteiger partial charge in [-0.05, 0) is 31.0 Å². The van der Waals surface area contributed by atoms with Crippen LogP contribution in [-0.4, -0.2) is 19.3 Å². The smallest absolute Gasteiger partial charge is 0.291 e. The van der Waals surface area contributed by atoms with Crippen LogP contribution in [0.2, 0.25) is 0 Å². The number of rotatable bonds is 3. The first-order valence-corrected chi connectivity index (χ1v) is 8.84. The normalized spacial score (nSPS) is 11.5. The molecule has 6 heteroatoms. The molecule has 0 radical (unpaired) electrons. The van der Waals surface area contributed by atoms with Crippen LogP contribution in [0.15, 0.2) is 41.8 Å². The van der Waals surface area contributed by atoms with E-state index in [1.54, 1.807) is 17.5 Å². The van der Waals surface area contributed by atoms with Crippen LogP contribution in [0.3, 0.4) is 0 Å². The summed E-state index contributed by atoms with van der Waals surface area (Å²) in [7, 11) is 1.89. The van der Waals surface area contributed by atoms with Crippen molar-refractivity contribution in [3.05, 3.63) is 63.5 Å². The van der Waals surface area contributed by atoms with E-state index in [1.807, 2.05) is 43.7 Å². The maximum atomic E-state index is 13.0. The van der Waals surface area contributed by atoms with Gasteiger partial charge in [0.05, 0.1) is 22.4 Å². The lowest BCUT2D eigenvalue weighted by Gasteiger charge is -2.07. The van der Waals surface area contributed by atoms with Crippen molar-refractivity contribution in [1.82, 2.24) is 19.3 Å². The van der Waals surface area contributed by atoms with E-state index in [4.69, 9.17) is 0 Å². The molecule has 0 amide bonds. The van der Waals surface area contributed by atoms with Crippen LogP contribution in [0.25, 0.3) is 26.8 Å². The van der Waals surface area contributed by atoms with Gasteiger partial charge in [0.25, 0.3) is 5.56 Å². The summed E-state index contributed by atoms with van der Waals surface area (Å²) in [5, 5.41) is 6.26. The van der Waals surface area contributed by atoms with Crippen LogP contribution in [0.4, 0.5) is 0 Å². The first-order chi connectivity index (χ1) is 12.0. The van der Waals surface area contributed by atoms with E-state index in [0.29, 0.717) is 12.1 Å². The van der Waals surface area contributed by atoms with Crippen molar-refractivity contribution >= 4 is 38.2 Å². The topological polar surface area (TPSA) is 52.7 Å². The van der Waals surface area contributed by atoms with Crippen molar-refractivity contribution < 1.29 is 0 Å². The van der Waals surface area contributed by atoms with Gasteiger partial charge in [0.2, 0.25) is 0 Å².